The molecular formula is C76H71N14NaO13Si. The standard InChI is InChI=1S/C11H8N2O.2C11H9NO3.C10H9NO2.2C10H9NO.C9H7NO.C4H9NSi.H2N5O.Na/c1-14-11-4-2-3-8-9(11)5-6-13-10(8)7-12;2*1-15-9-4-2-3-8-7(9)5-6-12-10(8)11(13)14;1-13-10-4-2-3-8-7-11(12)6-5-9(8)10;2*1-12-10-4-2-3-8-7-11-6-5-9(8)10;11-9-3-1-2-7-6-10-5-4-8(7)9;1-6(2,3)4-5;1-2-3-4-5-6;/h2-6H,1H3;2*2-6H,1H3,(H,13,14);2-7H,1H3;2*2-7H,1H3;1-6,11H;1-3H3;(H2-,1,2,3,4,5,6);/q;;;;;;;;-1;+1. The first-order chi connectivity index (χ1) is 50.3. The van der Waals surface area contributed by atoms with Crippen LogP contribution in [0.3, 0.4) is 0 Å². The number of carboxylic acid groups (broad SMARTS) is 2. The SMILES string of the molecule is COc1cccc2c(C#N)nccc12.COc1cccc2c(C(=O)O)nccc12.COc1cccc2c(C(=O)O)nccc12.COc1cccc2c[n+]([O-])ccc12.COc1cccc2cnccc12.COc1cccc2cnccc12.C[Si](C)(C)C#N.Oc1cccc2cnccc12.[N-]=NNNN=O.[Na+]. The molecule has 7 aromatic carbocycles. The maximum atomic E-state index is 11.0. The molecule has 0 aliphatic heterocycles. The number of hydrogen-bond acceptors (Lipinski definition) is 21. The van der Waals surface area contributed by atoms with Crippen molar-refractivity contribution < 1.29 is 87.6 Å². The van der Waals surface area contributed by atoms with E-state index in [1.165, 1.54) is 24.8 Å². The Bertz CT molecular complexity index is 5100. The molecule has 14 rings (SSSR count). The van der Waals surface area contributed by atoms with E-state index in [4.69, 9.17) is 59.6 Å². The maximum absolute atomic E-state index is 11.0. The van der Waals surface area contributed by atoms with Crippen molar-refractivity contribution in [2.45, 2.75) is 19.6 Å². The molecule has 0 radical (unpaired) electrons. The van der Waals surface area contributed by atoms with E-state index >= 15 is 0 Å². The fourth-order valence-electron chi connectivity index (χ4n) is 9.55. The zero-order valence-corrected chi connectivity index (χ0v) is 61.8. The van der Waals surface area contributed by atoms with E-state index in [1.54, 1.807) is 158 Å². The van der Waals surface area contributed by atoms with Crippen LogP contribution in [0, 0.1) is 32.4 Å². The summed E-state index contributed by atoms with van der Waals surface area (Å²) in [6, 6.07) is 53.8. The van der Waals surface area contributed by atoms with E-state index < -0.39 is 20.0 Å². The molecule has 0 saturated heterocycles. The van der Waals surface area contributed by atoms with Gasteiger partial charge in [0, 0.05) is 138 Å². The van der Waals surface area contributed by atoms with Crippen molar-refractivity contribution in [3.05, 3.63) is 271 Å². The van der Waals surface area contributed by atoms with E-state index in [9.17, 15) is 19.9 Å². The third-order valence-electron chi connectivity index (χ3n) is 14.3. The number of pyridine rings is 7. The summed E-state index contributed by atoms with van der Waals surface area (Å²) in [4.78, 5) is 54.4. The molecule has 528 valence electrons. The maximum Gasteiger partial charge on any atom is 1.00 e. The number of fused-ring (bicyclic) bond motifs is 7. The van der Waals surface area contributed by atoms with Crippen LogP contribution in [0.1, 0.15) is 26.7 Å². The predicted octanol–water partition coefficient (Wildman–Crippen LogP) is 12.0. The summed E-state index contributed by atoms with van der Waals surface area (Å²) in [5.41, 5.74) is 13.5. The van der Waals surface area contributed by atoms with Crippen LogP contribution >= 0.6 is 0 Å². The average Bonchev–Trinajstić information content (AvgIpc) is 0.818. The van der Waals surface area contributed by atoms with Crippen molar-refractivity contribution in [2.75, 3.05) is 42.7 Å². The zero-order chi connectivity index (χ0) is 75.4. The van der Waals surface area contributed by atoms with Crippen molar-refractivity contribution in [1.29, 1.82) is 10.5 Å². The summed E-state index contributed by atoms with van der Waals surface area (Å²) in [5.74, 6) is 2.90. The second-order valence-electron chi connectivity index (χ2n) is 21.9. The fraction of sp³-hybridized carbons (Fsp3) is 0.118. The zero-order valence-electron chi connectivity index (χ0n) is 58.8. The first-order valence-corrected chi connectivity index (χ1v) is 34.4. The molecule has 0 bridgehead atoms. The summed E-state index contributed by atoms with van der Waals surface area (Å²) in [6.45, 7) is 6.06. The normalized spacial score (nSPS) is 9.78. The van der Waals surface area contributed by atoms with Gasteiger partial charge in [-0.05, 0) is 84.9 Å². The van der Waals surface area contributed by atoms with Gasteiger partial charge in [-0.1, -0.05) is 98.5 Å². The summed E-state index contributed by atoms with van der Waals surface area (Å²) >= 11 is 0. The molecule has 0 atom stereocenters. The third kappa shape index (κ3) is 24.0. The monoisotopic (exact) mass is 1440 g/mol. The molecule has 14 aromatic rings. The minimum atomic E-state index is -1.33. The number of hydrogen-bond donors (Lipinski definition) is 5. The molecule has 0 aliphatic rings. The Morgan fingerprint density at radius 3 is 1.16 bits per heavy atom. The minimum absolute atomic E-state index is 0. The largest absolute Gasteiger partial charge is 1.00 e. The molecule has 0 spiro atoms. The van der Waals surface area contributed by atoms with E-state index in [1.807, 2.05) is 129 Å². The predicted molar refractivity (Wildman–Crippen MR) is 400 cm³/mol. The van der Waals surface area contributed by atoms with Gasteiger partial charge in [0.15, 0.2) is 31.9 Å². The Hall–Kier alpha value is -13.3. The van der Waals surface area contributed by atoms with Crippen molar-refractivity contribution in [1.82, 2.24) is 41.0 Å². The van der Waals surface area contributed by atoms with Crippen molar-refractivity contribution >= 4 is 95.4 Å². The fourth-order valence-corrected chi connectivity index (χ4v) is 9.55. The first-order valence-electron chi connectivity index (χ1n) is 30.9. The summed E-state index contributed by atoms with van der Waals surface area (Å²) in [7, 11) is 8.36. The number of phenols is 1. The van der Waals surface area contributed by atoms with Gasteiger partial charge in [0.2, 0.25) is 0 Å². The molecule has 5 N–H and O–H groups in total. The van der Waals surface area contributed by atoms with E-state index in [2.05, 4.69) is 52.2 Å². The van der Waals surface area contributed by atoms with Gasteiger partial charge in [-0.15, -0.1) is 4.91 Å². The number of hydrazine groups is 1. The van der Waals surface area contributed by atoms with Crippen LogP contribution in [0.25, 0.3) is 80.9 Å². The minimum Gasteiger partial charge on any atom is -0.619 e. The number of aromatic hydroxyl groups is 1. The van der Waals surface area contributed by atoms with Gasteiger partial charge in [0.1, 0.15) is 52.0 Å². The van der Waals surface area contributed by atoms with E-state index in [0.717, 1.165) is 92.4 Å². The van der Waals surface area contributed by atoms with Gasteiger partial charge in [-0.2, -0.15) is 9.99 Å². The van der Waals surface area contributed by atoms with Crippen LogP contribution in [0.2, 0.25) is 19.6 Å². The molecular weight excluding hydrogens is 1370 g/mol. The Kier molecular flexibility index (Phi) is 33.6. The molecule has 7 aromatic heterocycles. The Labute approximate surface area is 626 Å². The van der Waals surface area contributed by atoms with Crippen LogP contribution in [0.15, 0.2) is 249 Å². The molecule has 0 fully saturated rings. The smallest absolute Gasteiger partial charge is 0.619 e. The third-order valence-corrected chi connectivity index (χ3v) is 15.0. The second-order valence-corrected chi connectivity index (χ2v) is 26.6. The van der Waals surface area contributed by atoms with Gasteiger partial charge in [-0.3, -0.25) is 20.2 Å². The van der Waals surface area contributed by atoms with Gasteiger partial charge in [0.25, 0.3) is 0 Å². The van der Waals surface area contributed by atoms with Crippen LogP contribution < -0.4 is 73.8 Å². The topological polar surface area (TPSA) is 390 Å². The van der Waals surface area contributed by atoms with Gasteiger partial charge in [-0.25, -0.2) is 35.3 Å². The summed E-state index contributed by atoms with van der Waals surface area (Å²) in [5, 5.41) is 72.1. The molecule has 0 unspecified atom stereocenters. The number of nitrogens with zero attached hydrogens (tertiary/aromatic N) is 12. The van der Waals surface area contributed by atoms with E-state index in [0.29, 0.717) is 33.7 Å². The van der Waals surface area contributed by atoms with Crippen LogP contribution in [-0.4, -0.2) is 108 Å². The number of carbonyl (C=O) groups is 2. The van der Waals surface area contributed by atoms with Gasteiger partial charge >= 0.3 is 41.5 Å². The van der Waals surface area contributed by atoms with E-state index in [-0.39, 0.29) is 40.9 Å². The second kappa shape index (κ2) is 42.8. The number of methoxy groups -OCH3 is 6. The number of aromatic nitrogens is 7. The Morgan fingerprint density at radius 1 is 0.467 bits per heavy atom. The number of carboxylic acids is 2. The Balaban J connectivity index is 0.000000215. The van der Waals surface area contributed by atoms with Gasteiger partial charge < -0.3 is 60.0 Å². The van der Waals surface area contributed by atoms with Crippen molar-refractivity contribution in [3.8, 4) is 52.0 Å². The molecule has 27 nitrogen and oxygen atoms in total. The number of nitriles is 2. The molecule has 105 heavy (non-hydrogen) atoms. The number of benzene rings is 7. The molecule has 0 aliphatic carbocycles. The van der Waals surface area contributed by atoms with Crippen LogP contribution in [0.5, 0.6) is 40.2 Å². The van der Waals surface area contributed by atoms with Crippen molar-refractivity contribution in [3.63, 3.8) is 0 Å². The van der Waals surface area contributed by atoms with Crippen LogP contribution in [0.4, 0.5) is 0 Å². The number of aromatic carboxylic acids is 2. The van der Waals surface area contributed by atoms with Crippen LogP contribution in [-0.2, 0) is 0 Å². The Morgan fingerprint density at radius 2 is 0.800 bits per heavy atom. The summed E-state index contributed by atoms with van der Waals surface area (Å²) < 4.78 is 31.8. The molecule has 0 saturated carbocycles. The number of phenolic OH excluding ortho intramolecular Hbond substituents is 1. The van der Waals surface area contributed by atoms with Crippen molar-refractivity contribution in [2.24, 2.45) is 10.5 Å². The average molecular weight is 1440 g/mol. The number of ether oxygens (including phenoxy) is 6. The number of nitrogens with one attached hydrogen (secondary N) is 2. The first kappa shape index (κ1) is 82.4. The van der Waals surface area contributed by atoms with Gasteiger partial charge in [0.05, 0.1) is 53.3 Å². The number of nitroso groups, excluding NO2 is 1. The molecule has 0 amide bonds. The number of rotatable bonds is 11. The molecule has 7 heterocycles. The quantitative estimate of drug-likeness (QED) is 0.0153. The molecule has 29 heteroatoms. The summed E-state index contributed by atoms with van der Waals surface area (Å²) in [6.07, 6.45) is 18.1.